The number of hydrogen-bond acceptors (Lipinski definition) is 3. The molecule has 1 aromatic carbocycles. The van der Waals surface area contributed by atoms with Crippen molar-refractivity contribution in [3.63, 3.8) is 0 Å². The van der Waals surface area contributed by atoms with Gasteiger partial charge in [-0.05, 0) is 53.4 Å². The van der Waals surface area contributed by atoms with Gasteiger partial charge in [0, 0.05) is 22.7 Å². The number of aliphatic hydroxyl groups excluding tert-OH is 1. The number of nitrogens with zero attached hydrogens (tertiary/aromatic N) is 1. The normalized spacial score (nSPS) is 11.0. The van der Waals surface area contributed by atoms with Crippen molar-refractivity contribution in [2.45, 2.75) is 39.7 Å². The van der Waals surface area contributed by atoms with E-state index < -0.39 is 0 Å². The number of aryl methyl sites for hydroxylation is 1. The van der Waals surface area contributed by atoms with Crippen molar-refractivity contribution in [2.75, 3.05) is 23.8 Å². The Labute approximate surface area is 118 Å². The number of nitrogen functional groups attached to an aromatic ring is 1. The second-order valence-corrected chi connectivity index (χ2v) is 5.40. The monoisotopic (exact) mass is 314 g/mol. The van der Waals surface area contributed by atoms with Crippen LogP contribution in [0.5, 0.6) is 0 Å². The van der Waals surface area contributed by atoms with Gasteiger partial charge in [0.1, 0.15) is 0 Å². The van der Waals surface area contributed by atoms with E-state index in [1.807, 2.05) is 13.0 Å². The zero-order valence-electron chi connectivity index (χ0n) is 11.4. The summed E-state index contributed by atoms with van der Waals surface area (Å²) < 4.78 is 0.992. The van der Waals surface area contributed by atoms with E-state index in [-0.39, 0.29) is 6.61 Å². The second-order valence-electron chi connectivity index (χ2n) is 4.55. The van der Waals surface area contributed by atoms with Gasteiger partial charge in [0.15, 0.2) is 0 Å². The lowest BCUT2D eigenvalue weighted by Gasteiger charge is -2.33. The fraction of sp³-hybridized carbons (Fsp3) is 0.571. The molecule has 0 amide bonds. The van der Waals surface area contributed by atoms with Crippen LogP contribution in [0.4, 0.5) is 11.4 Å². The molecule has 4 heteroatoms. The van der Waals surface area contributed by atoms with Crippen LogP contribution in [0.25, 0.3) is 0 Å². The van der Waals surface area contributed by atoms with Crippen LogP contribution in [0.1, 0.15) is 32.3 Å². The molecule has 0 fully saturated rings. The molecule has 3 N–H and O–H groups in total. The topological polar surface area (TPSA) is 49.5 Å². The molecule has 0 unspecified atom stereocenters. The molecule has 1 aromatic rings. The van der Waals surface area contributed by atoms with Crippen molar-refractivity contribution in [3.05, 3.63) is 22.2 Å². The van der Waals surface area contributed by atoms with Crippen LogP contribution < -0.4 is 10.6 Å². The van der Waals surface area contributed by atoms with Gasteiger partial charge in [0.05, 0.1) is 12.3 Å². The van der Waals surface area contributed by atoms with E-state index in [1.165, 1.54) is 0 Å². The Kier molecular flexibility index (Phi) is 5.96. The molecule has 0 radical (unpaired) electrons. The Bertz CT molecular complexity index is 392. The molecule has 0 aliphatic heterocycles. The second kappa shape index (κ2) is 7.00. The van der Waals surface area contributed by atoms with Crippen molar-refractivity contribution in [2.24, 2.45) is 0 Å². The summed E-state index contributed by atoms with van der Waals surface area (Å²) >= 11 is 3.58. The Morgan fingerprint density at radius 3 is 2.44 bits per heavy atom. The Hall–Kier alpha value is -0.740. The molecule has 3 nitrogen and oxygen atoms in total. The maximum Gasteiger partial charge on any atom is 0.0606 e. The van der Waals surface area contributed by atoms with Crippen molar-refractivity contribution in [3.8, 4) is 0 Å². The zero-order chi connectivity index (χ0) is 13.7. The standard InChI is InChI=1S/C14H23BrN2O/c1-4-11(5-2)17(6-7-18)14-8-10(3)13(16)9-12(14)15/h8-9,11,18H,4-7,16H2,1-3H3. The van der Waals surface area contributed by atoms with E-state index in [4.69, 9.17) is 5.73 Å². The summed E-state index contributed by atoms with van der Waals surface area (Å²) in [7, 11) is 0. The SMILES string of the molecule is CCC(CC)N(CCO)c1cc(C)c(N)cc1Br. The smallest absolute Gasteiger partial charge is 0.0606 e. The van der Waals surface area contributed by atoms with Gasteiger partial charge >= 0.3 is 0 Å². The van der Waals surface area contributed by atoms with E-state index in [0.717, 1.165) is 34.3 Å². The Morgan fingerprint density at radius 1 is 1.33 bits per heavy atom. The highest BCUT2D eigenvalue weighted by atomic mass is 79.9. The molecule has 0 aliphatic rings. The largest absolute Gasteiger partial charge is 0.398 e. The molecule has 0 saturated heterocycles. The first-order valence-corrected chi connectivity index (χ1v) is 7.27. The molecule has 0 bridgehead atoms. The van der Waals surface area contributed by atoms with E-state index >= 15 is 0 Å². The highest BCUT2D eigenvalue weighted by Gasteiger charge is 2.18. The minimum atomic E-state index is 0.159. The maximum absolute atomic E-state index is 9.27. The number of hydrogen-bond donors (Lipinski definition) is 2. The van der Waals surface area contributed by atoms with Gasteiger partial charge < -0.3 is 15.7 Å². The quantitative estimate of drug-likeness (QED) is 0.792. The zero-order valence-corrected chi connectivity index (χ0v) is 13.0. The summed E-state index contributed by atoms with van der Waals surface area (Å²) in [4.78, 5) is 2.26. The summed E-state index contributed by atoms with van der Waals surface area (Å²) in [6.07, 6.45) is 2.12. The fourth-order valence-corrected chi connectivity index (χ4v) is 2.83. The third-order valence-corrected chi connectivity index (χ3v) is 4.00. The average Bonchev–Trinajstić information content (AvgIpc) is 2.34. The number of halogens is 1. The average molecular weight is 315 g/mol. The molecular weight excluding hydrogens is 292 g/mol. The summed E-state index contributed by atoms with van der Waals surface area (Å²) in [5, 5.41) is 9.27. The van der Waals surface area contributed by atoms with Crippen molar-refractivity contribution >= 4 is 27.3 Å². The highest BCUT2D eigenvalue weighted by Crippen LogP contribution is 2.32. The Morgan fingerprint density at radius 2 is 1.94 bits per heavy atom. The molecule has 0 aromatic heterocycles. The lowest BCUT2D eigenvalue weighted by atomic mass is 10.1. The number of rotatable bonds is 6. The highest BCUT2D eigenvalue weighted by molar-refractivity contribution is 9.10. The van der Waals surface area contributed by atoms with Gasteiger partial charge in [0.25, 0.3) is 0 Å². The molecular formula is C14H23BrN2O. The summed E-state index contributed by atoms with van der Waals surface area (Å²) in [6, 6.07) is 4.47. The Balaban J connectivity index is 3.16. The molecule has 1 rings (SSSR count). The third kappa shape index (κ3) is 3.39. The first-order chi connectivity index (χ1) is 8.54. The van der Waals surface area contributed by atoms with Crippen molar-refractivity contribution in [1.82, 2.24) is 0 Å². The fourth-order valence-electron chi connectivity index (χ4n) is 2.24. The number of nitrogens with two attached hydrogens (primary N) is 1. The van der Waals surface area contributed by atoms with Crippen LogP contribution in [0.3, 0.4) is 0 Å². The minimum absolute atomic E-state index is 0.159. The third-order valence-electron chi connectivity index (χ3n) is 3.37. The first kappa shape index (κ1) is 15.3. The summed E-state index contributed by atoms with van der Waals surface area (Å²) in [6.45, 7) is 7.17. The minimum Gasteiger partial charge on any atom is -0.398 e. The van der Waals surface area contributed by atoms with Crippen LogP contribution in [0.15, 0.2) is 16.6 Å². The van der Waals surface area contributed by atoms with Gasteiger partial charge in [-0.2, -0.15) is 0 Å². The number of anilines is 2. The first-order valence-electron chi connectivity index (χ1n) is 6.48. The van der Waals surface area contributed by atoms with Gasteiger partial charge in [-0.15, -0.1) is 0 Å². The maximum atomic E-state index is 9.27. The molecule has 0 aliphatic carbocycles. The van der Waals surface area contributed by atoms with Crippen molar-refractivity contribution in [1.29, 1.82) is 0 Å². The van der Waals surface area contributed by atoms with E-state index in [9.17, 15) is 5.11 Å². The van der Waals surface area contributed by atoms with Crippen LogP contribution in [-0.2, 0) is 0 Å². The van der Waals surface area contributed by atoms with Crippen LogP contribution in [0, 0.1) is 6.92 Å². The molecule has 0 spiro atoms. The molecule has 0 heterocycles. The number of aliphatic hydroxyl groups is 1. The summed E-state index contributed by atoms with van der Waals surface area (Å²) in [5.74, 6) is 0. The van der Waals surface area contributed by atoms with E-state index in [2.05, 4.69) is 40.7 Å². The van der Waals surface area contributed by atoms with E-state index in [0.29, 0.717) is 12.6 Å². The van der Waals surface area contributed by atoms with E-state index in [1.54, 1.807) is 0 Å². The molecule has 102 valence electrons. The predicted molar refractivity (Wildman–Crippen MR) is 82.1 cm³/mol. The molecule has 18 heavy (non-hydrogen) atoms. The van der Waals surface area contributed by atoms with Crippen LogP contribution in [0.2, 0.25) is 0 Å². The van der Waals surface area contributed by atoms with Crippen molar-refractivity contribution < 1.29 is 5.11 Å². The molecule has 0 atom stereocenters. The van der Waals surface area contributed by atoms with Gasteiger partial charge in [-0.3, -0.25) is 0 Å². The predicted octanol–water partition coefficient (Wildman–Crippen LogP) is 3.33. The van der Waals surface area contributed by atoms with Crippen LogP contribution >= 0.6 is 15.9 Å². The lowest BCUT2D eigenvalue weighted by molar-refractivity contribution is 0.296. The summed E-state index contributed by atoms with van der Waals surface area (Å²) in [5.41, 5.74) is 8.88. The van der Waals surface area contributed by atoms with Gasteiger partial charge in [-0.25, -0.2) is 0 Å². The molecule has 0 saturated carbocycles. The lowest BCUT2D eigenvalue weighted by Crippen LogP contribution is -2.37. The van der Waals surface area contributed by atoms with Gasteiger partial charge in [0.2, 0.25) is 0 Å². The van der Waals surface area contributed by atoms with Crippen LogP contribution in [-0.4, -0.2) is 24.3 Å². The number of benzene rings is 1. The van der Waals surface area contributed by atoms with Gasteiger partial charge in [-0.1, -0.05) is 13.8 Å².